The van der Waals surface area contributed by atoms with Crippen LogP contribution in [0.5, 0.6) is 11.5 Å². The molecule has 0 amide bonds. The first-order chi connectivity index (χ1) is 15.2. The summed E-state index contributed by atoms with van der Waals surface area (Å²) < 4.78 is 12.7. The maximum absolute atomic E-state index is 5.91. The van der Waals surface area contributed by atoms with Crippen molar-refractivity contribution in [1.82, 2.24) is 24.5 Å². The Morgan fingerprint density at radius 2 is 1.90 bits per heavy atom. The lowest BCUT2D eigenvalue weighted by Crippen LogP contribution is -2.07. The molecule has 0 aliphatic carbocycles. The first kappa shape index (κ1) is 20.5. The fraction of sp³-hybridized carbons (Fsp3) is 0.143. The Labute approximate surface area is 183 Å². The van der Waals surface area contributed by atoms with Crippen molar-refractivity contribution in [2.24, 2.45) is 0 Å². The van der Waals surface area contributed by atoms with Gasteiger partial charge >= 0.3 is 0 Å². The van der Waals surface area contributed by atoms with Gasteiger partial charge in [0.2, 0.25) is 11.9 Å². The van der Waals surface area contributed by atoms with Gasteiger partial charge in [0.25, 0.3) is 0 Å². The number of nitrogens with two attached hydrogens (primary N) is 1. The number of methoxy groups -OCH3 is 2. The van der Waals surface area contributed by atoms with Gasteiger partial charge in [0.15, 0.2) is 5.16 Å². The van der Waals surface area contributed by atoms with Crippen LogP contribution < -0.4 is 20.5 Å². The minimum absolute atomic E-state index is 0.138. The summed E-state index contributed by atoms with van der Waals surface area (Å²) in [7, 11) is 3.25. The van der Waals surface area contributed by atoms with E-state index in [0.717, 1.165) is 22.3 Å². The molecule has 0 bridgehead atoms. The van der Waals surface area contributed by atoms with Gasteiger partial charge in [-0.2, -0.15) is 15.0 Å². The number of aromatic nitrogens is 5. The molecule has 0 saturated heterocycles. The summed E-state index contributed by atoms with van der Waals surface area (Å²) in [6, 6.07) is 15.3. The Balaban J connectivity index is 1.52. The predicted octanol–water partition coefficient (Wildman–Crippen LogP) is 3.69. The highest BCUT2D eigenvalue weighted by molar-refractivity contribution is 7.98. The fourth-order valence-corrected chi connectivity index (χ4v) is 3.74. The molecule has 0 unspecified atom stereocenters. The van der Waals surface area contributed by atoms with Gasteiger partial charge in [-0.15, -0.1) is 0 Å². The van der Waals surface area contributed by atoms with Gasteiger partial charge in [-0.3, -0.25) is 4.57 Å². The van der Waals surface area contributed by atoms with E-state index in [1.807, 2.05) is 59.3 Å². The van der Waals surface area contributed by atoms with Gasteiger partial charge < -0.3 is 20.5 Å². The number of para-hydroxylation sites is 2. The summed E-state index contributed by atoms with van der Waals surface area (Å²) in [4.78, 5) is 17.4. The molecule has 0 aliphatic rings. The van der Waals surface area contributed by atoms with Crippen molar-refractivity contribution >= 4 is 29.3 Å². The third-order valence-electron chi connectivity index (χ3n) is 4.32. The van der Waals surface area contributed by atoms with Crippen LogP contribution in [0.2, 0.25) is 0 Å². The molecule has 0 spiro atoms. The number of benzene rings is 2. The topological polar surface area (TPSA) is 113 Å². The number of nitrogens with zero attached hydrogens (tertiary/aromatic N) is 5. The molecule has 0 atom stereocenters. The van der Waals surface area contributed by atoms with Crippen molar-refractivity contribution < 1.29 is 9.47 Å². The van der Waals surface area contributed by atoms with Crippen LogP contribution in [0.15, 0.2) is 66.1 Å². The first-order valence-corrected chi connectivity index (χ1v) is 10.4. The second-order valence-electron chi connectivity index (χ2n) is 6.33. The van der Waals surface area contributed by atoms with Crippen molar-refractivity contribution in [2.45, 2.75) is 10.9 Å². The molecule has 10 heteroatoms. The standard InChI is InChI=1S/C21H21N7O2S/c1-29-15-7-5-6-14(12-15)28-11-10-23-21(28)31-13-18-25-19(22)27-20(26-18)24-16-8-3-4-9-17(16)30-2/h3-12H,13H2,1-2H3,(H3,22,24,25,26,27). The molecule has 0 saturated carbocycles. The molecule has 2 heterocycles. The molecule has 31 heavy (non-hydrogen) atoms. The van der Waals surface area contributed by atoms with Crippen LogP contribution in [-0.4, -0.2) is 38.7 Å². The molecular formula is C21H21N7O2S. The van der Waals surface area contributed by atoms with Crippen LogP contribution in [-0.2, 0) is 5.75 Å². The fourth-order valence-electron chi connectivity index (χ4n) is 2.91. The number of hydrogen-bond acceptors (Lipinski definition) is 9. The van der Waals surface area contributed by atoms with E-state index in [9.17, 15) is 0 Å². The zero-order valence-corrected chi connectivity index (χ0v) is 17.8. The van der Waals surface area contributed by atoms with Gasteiger partial charge in [0.1, 0.15) is 17.3 Å². The van der Waals surface area contributed by atoms with Crippen molar-refractivity contribution in [3.63, 3.8) is 0 Å². The lowest BCUT2D eigenvalue weighted by atomic mass is 10.3. The van der Waals surface area contributed by atoms with Crippen LogP contribution in [0.1, 0.15) is 5.82 Å². The Morgan fingerprint density at radius 1 is 1.03 bits per heavy atom. The number of imidazole rings is 1. The molecule has 2 aromatic carbocycles. The van der Waals surface area contributed by atoms with E-state index in [1.54, 1.807) is 20.4 Å². The van der Waals surface area contributed by atoms with Gasteiger partial charge in [0, 0.05) is 18.5 Å². The van der Waals surface area contributed by atoms with Crippen molar-refractivity contribution in [2.75, 3.05) is 25.3 Å². The molecule has 0 fully saturated rings. The highest BCUT2D eigenvalue weighted by Crippen LogP contribution is 2.27. The van der Waals surface area contributed by atoms with E-state index in [-0.39, 0.29) is 5.95 Å². The number of ether oxygens (including phenoxy) is 2. The van der Waals surface area contributed by atoms with Crippen molar-refractivity contribution in [3.8, 4) is 17.2 Å². The number of rotatable bonds is 8. The number of anilines is 3. The molecule has 0 aliphatic heterocycles. The monoisotopic (exact) mass is 435 g/mol. The summed E-state index contributed by atoms with van der Waals surface area (Å²) in [6.07, 6.45) is 3.64. The molecule has 4 aromatic rings. The SMILES string of the molecule is COc1cccc(-n2ccnc2SCc2nc(N)nc(Nc3ccccc3OC)n2)c1. The van der Waals surface area contributed by atoms with Gasteiger partial charge in [-0.1, -0.05) is 30.0 Å². The summed E-state index contributed by atoms with van der Waals surface area (Å²) >= 11 is 1.50. The van der Waals surface area contributed by atoms with E-state index < -0.39 is 0 Å². The largest absolute Gasteiger partial charge is 0.497 e. The summed E-state index contributed by atoms with van der Waals surface area (Å²) in [6.45, 7) is 0. The summed E-state index contributed by atoms with van der Waals surface area (Å²) in [5.74, 6) is 2.95. The third-order valence-corrected chi connectivity index (χ3v) is 5.28. The number of hydrogen-bond donors (Lipinski definition) is 2. The molecule has 4 rings (SSSR count). The highest BCUT2D eigenvalue weighted by atomic mass is 32.2. The lowest BCUT2D eigenvalue weighted by molar-refractivity contribution is 0.414. The molecule has 2 aromatic heterocycles. The maximum atomic E-state index is 5.91. The van der Waals surface area contributed by atoms with E-state index in [4.69, 9.17) is 15.2 Å². The van der Waals surface area contributed by atoms with E-state index in [0.29, 0.717) is 23.3 Å². The maximum Gasteiger partial charge on any atom is 0.232 e. The second kappa shape index (κ2) is 9.35. The van der Waals surface area contributed by atoms with Crippen LogP contribution >= 0.6 is 11.8 Å². The van der Waals surface area contributed by atoms with Gasteiger partial charge in [0.05, 0.1) is 31.3 Å². The zero-order valence-electron chi connectivity index (χ0n) is 17.0. The molecule has 158 valence electrons. The first-order valence-electron chi connectivity index (χ1n) is 9.37. The highest BCUT2D eigenvalue weighted by Gasteiger charge is 2.11. The third kappa shape index (κ3) is 4.86. The Bertz CT molecular complexity index is 1180. The number of thioether (sulfide) groups is 1. The second-order valence-corrected chi connectivity index (χ2v) is 7.27. The van der Waals surface area contributed by atoms with Crippen LogP contribution in [0.25, 0.3) is 5.69 Å². The minimum Gasteiger partial charge on any atom is -0.497 e. The smallest absolute Gasteiger partial charge is 0.232 e. The van der Waals surface area contributed by atoms with Crippen molar-refractivity contribution in [3.05, 3.63) is 66.7 Å². The normalized spacial score (nSPS) is 10.6. The van der Waals surface area contributed by atoms with Gasteiger partial charge in [-0.05, 0) is 24.3 Å². The number of nitrogen functional groups attached to an aromatic ring is 1. The number of nitrogens with one attached hydrogen (secondary N) is 1. The van der Waals surface area contributed by atoms with E-state index in [2.05, 4.69) is 25.3 Å². The zero-order chi connectivity index (χ0) is 21.6. The summed E-state index contributed by atoms with van der Waals surface area (Å²) in [5.41, 5.74) is 7.60. The molecule has 0 radical (unpaired) electrons. The molecule has 9 nitrogen and oxygen atoms in total. The van der Waals surface area contributed by atoms with Crippen LogP contribution in [0.4, 0.5) is 17.6 Å². The Morgan fingerprint density at radius 3 is 2.74 bits per heavy atom. The van der Waals surface area contributed by atoms with E-state index in [1.165, 1.54) is 11.8 Å². The quantitative estimate of drug-likeness (QED) is 0.400. The van der Waals surface area contributed by atoms with Gasteiger partial charge in [-0.25, -0.2) is 4.98 Å². The Kier molecular flexibility index (Phi) is 6.18. The average molecular weight is 436 g/mol. The lowest BCUT2D eigenvalue weighted by Gasteiger charge is -2.11. The minimum atomic E-state index is 0.138. The van der Waals surface area contributed by atoms with E-state index >= 15 is 0 Å². The Hall–Kier alpha value is -3.79. The van der Waals surface area contributed by atoms with Crippen molar-refractivity contribution in [1.29, 1.82) is 0 Å². The van der Waals surface area contributed by atoms with Crippen LogP contribution in [0.3, 0.4) is 0 Å². The van der Waals surface area contributed by atoms with Crippen LogP contribution in [0, 0.1) is 0 Å². The predicted molar refractivity (Wildman–Crippen MR) is 120 cm³/mol. The molecule has 3 N–H and O–H groups in total. The average Bonchev–Trinajstić information content (AvgIpc) is 3.26. The summed E-state index contributed by atoms with van der Waals surface area (Å²) in [5, 5.41) is 3.93. The molecular weight excluding hydrogens is 414 g/mol.